The molecule has 1 N–H and O–H groups in total. The molecule has 0 bridgehead atoms. The molecular weight excluding hydrogens is 480 g/mol. The lowest BCUT2D eigenvalue weighted by Gasteiger charge is -2.32. The maximum atomic E-state index is 14.8. The quantitative estimate of drug-likeness (QED) is 0.257. The molecule has 0 spiro atoms. The molecule has 2 heterocycles. The first-order valence-corrected chi connectivity index (χ1v) is 12.1. The summed E-state index contributed by atoms with van der Waals surface area (Å²) in [7, 11) is 0. The van der Waals surface area contributed by atoms with Gasteiger partial charge >= 0.3 is 5.97 Å². The van der Waals surface area contributed by atoms with Gasteiger partial charge < -0.3 is 14.8 Å². The molecule has 0 unspecified atom stereocenters. The van der Waals surface area contributed by atoms with E-state index >= 15 is 0 Å². The number of hydrogen-bond donors (Lipinski definition) is 1. The summed E-state index contributed by atoms with van der Waals surface area (Å²) in [5.74, 6) is -0.609. The highest BCUT2D eigenvalue weighted by Crippen LogP contribution is 2.34. The van der Waals surface area contributed by atoms with Gasteiger partial charge in [-0.2, -0.15) is 0 Å². The smallest absolute Gasteiger partial charge is 0.307 e. The van der Waals surface area contributed by atoms with Crippen LogP contribution in [0.25, 0.3) is 22.0 Å². The molecule has 0 atom stereocenters. The van der Waals surface area contributed by atoms with Crippen molar-refractivity contribution in [2.75, 3.05) is 24.5 Å². The summed E-state index contributed by atoms with van der Waals surface area (Å²) in [6.45, 7) is 9.39. The van der Waals surface area contributed by atoms with Gasteiger partial charge in [-0.1, -0.05) is 31.1 Å². The molecule has 3 aromatic rings. The maximum Gasteiger partial charge on any atom is 0.307 e. The van der Waals surface area contributed by atoms with E-state index in [-0.39, 0.29) is 11.5 Å². The van der Waals surface area contributed by atoms with Gasteiger partial charge in [0.05, 0.1) is 11.9 Å². The molecule has 0 aliphatic carbocycles. The van der Waals surface area contributed by atoms with E-state index in [9.17, 15) is 13.6 Å². The molecule has 8 nitrogen and oxygen atoms in total. The minimum absolute atomic E-state index is 0.0623. The minimum atomic E-state index is -1.13. The third-order valence-corrected chi connectivity index (χ3v) is 6.46. The number of carboxylic acid groups (broad SMARTS) is 1. The molecule has 0 amide bonds. The first-order valence-electron chi connectivity index (χ1n) is 12.1. The molecule has 1 aliphatic rings. The van der Waals surface area contributed by atoms with E-state index in [4.69, 9.17) is 9.94 Å². The van der Waals surface area contributed by atoms with Gasteiger partial charge in [-0.25, -0.2) is 18.7 Å². The average Bonchev–Trinajstić information content (AvgIpc) is 2.87. The van der Waals surface area contributed by atoms with E-state index in [0.717, 1.165) is 12.8 Å². The molecular formula is C27H29F2N5O3. The summed E-state index contributed by atoms with van der Waals surface area (Å²) in [6.07, 6.45) is 2.75. The number of carbonyl (C=O) groups is 1. The van der Waals surface area contributed by atoms with Crippen LogP contribution in [0.2, 0.25) is 0 Å². The van der Waals surface area contributed by atoms with Gasteiger partial charge in [0.2, 0.25) is 5.90 Å². The highest BCUT2D eigenvalue weighted by Gasteiger charge is 2.23. The summed E-state index contributed by atoms with van der Waals surface area (Å²) < 4.78 is 29.3. The van der Waals surface area contributed by atoms with Crippen LogP contribution in [0.3, 0.4) is 0 Å². The van der Waals surface area contributed by atoms with Gasteiger partial charge in [0, 0.05) is 43.2 Å². The van der Waals surface area contributed by atoms with Crippen molar-refractivity contribution < 1.29 is 23.5 Å². The number of hydrogen-bond acceptors (Lipinski definition) is 7. The Hall–Kier alpha value is -3.95. The van der Waals surface area contributed by atoms with Crippen LogP contribution < -0.4 is 4.90 Å². The lowest BCUT2D eigenvalue weighted by molar-refractivity contribution is -0.136. The van der Waals surface area contributed by atoms with Crippen LogP contribution in [0.4, 0.5) is 14.6 Å². The third-order valence-electron chi connectivity index (χ3n) is 6.46. The van der Waals surface area contributed by atoms with E-state index in [1.807, 2.05) is 13.8 Å². The Morgan fingerprint density at radius 3 is 2.62 bits per heavy atom. The van der Waals surface area contributed by atoms with Crippen LogP contribution in [-0.2, 0) is 16.1 Å². The number of aliphatic imine (C=N–C) groups is 1. The summed E-state index contributed by atoms with van der Waals surface area (Å²) in [5.41, 5.74) is 1.39. The molecule has 0 radical (unpaired) electrons. The first-order chi connectivity index (χ1) is 17.8. The van der Waals surface area contributed by atoms with Crippen molar-refractivity contribution in [3.63, 3.8) is 0 Å². The third kappa shape index (κ3) is 6.07. The minimum Gasteiger partial charge on any atom is -0.481 e. The Labute approximate surface area is 213 Å². The summed E-state index contributed by atoms with van der Waals surface area (Å²) in [5, 5.41) is 13.0. The number of rotatable bonds is 8. The molecule has 1 saturated heterocycles. The number of anilines is 1. The molecule has 1 aliphatic heterocycles. The second-order valence-electron chi connectivity index (χ2n) is 9.41. The van der Waals surface area contributed by atoms with E-state index < -0.39 is 24.0 Å². The van der Waals surface area contributed by atoms with Crippen LogP contribution in [0.15, 0.2) is 46.8 Å². The fourth-order valence-electron chi connectivity index (χ4n) is 4.54. The number of benzene rings is 2. The SMILES string of the molecule is C=NOC(=NCC1CCN(c2ncnc3c(-c4ccc(CC(=O)O)c(F)c4)cc(F)cc23)CC1)C(C)C. The Kier molecular flexibility index (Phi) is 8.05. The normalized spacial score (nSPS) is 14.8. The second kappa shape index (κ2) is 11.4. The highest BCUT2D eigenvalue weighted by molar-refractivity contribution is 5.99. The topological polar surface area (TPSA) is 100 Å². The lowest BCUT2D eigenvalue weighted by Crippen LogP contribution is -2.35. The number of aromatic nitrogens is 2. The highest BCUT2D eigenvalue weighted by atomic mass is 19.1. The Bertz CT molecular complexity index is 1340. The molecule has 1 fully saturated rings. The Morgan fingerprint density at radius 1 is 1.22 bits per heavy atom. The van der Waals surface area contributed by atoms with Crippen LogP contribution in [0, 0.1) is 23.5 Å². The van der Waals surface area contributed by atoms with Crippen LogP contribution in [0.5, 0.6) is 0 Å². The van der Waals surface area contributed by atoms with E-state index in [2.05, 4.69) is 31.7 Å². The van der Waals surface area contributed by atoms with Gasteiger partial charge in [0.25, 0.3) is 0 Å². The average molecular weight is 510 g/mol. The molecule has 4 rings (SSSR count). The van der Waals surface area contributed by atoms with E-state index in [0.29, 0.717) is 59.3 Å². The first kappa shape index (κ1) is 26.1. The number of aliphatic carboxylic acids is 1. The predicted octanol–water partition coefficient (Wildman–Crippen LogP) is 5.11. The van der Waals surface area contributed by atoms with Crippen molar-refractivity contribution in [1.82, 2.24) is 9.97 Å². The fraction of sp³-hybridized carbons (Fsp3) is 0.370. The van der Waals surface area contributed by atoms with Crippen molar-refractivity contribution in [2.24, 2.45) is 22.0 Å². The maximum absolute atomic E-state index is 14.8. The van der Waals surface area contributed by atoms with E-state index in [1.165, 1.54) is 30.6 Å². The van der Waals surface area contributed by atoms with Crippen molar-refractivity contribution in [3.8, 4) is 11.1 Å². The van der Waals surface area contributed by atoms with Crippen LogP contribution >= 0.6 is 0 Å². The number of nitrogens with zero attached hydrogens (tertiary/aromatic N) is 5. The number of fused-ring (bicyclic) bond motifs is 1. The second-order valence-corrected chi connectivity index (χ2v) is 9.41. The van der Waals surface area contributed by atoms with Crippen molar-refractivity contribution in [1.29, 1.82) is 0 Å². The van der Waals surface area contributed by atoms with Crippen molar-refractivity contribution in [3.05, 3.63) is 53.9 Å². The van der Waals surface area contributed by atoms with Gasteiger partial charge in [-0.3, -0.25) is 9.79 Å². The lowest BCUT2D eigenvalue weighted by atomic mass is 9.96. The molecule has 0 saturated carbocycles. The molecule has 2 aromatic carbocycles. The zero-order valence-electron chi connectivity index (χ0n) is 20.8. The zero-order chi connectivity index (χ0) is 26.5. The summed E-state index contributed by atoms with van der Waals surface area (Å²) >= 11 is 0. The van der Waals surface area contributed by atoms with Crippen molar-refractivity contribution >= 4 is 35.3 Å². The van der Waals surface area contributed by atoms with Gasteiger partial charge in [-0.05, 0) is 48.1 Å². The summed E-state index contributed by atoms with van der Waals surface area (Å²) in [6, 6.07) is 6.92. The standard InChI is InChI=1S/C27H29F2N5O3/c1-16(2)27(37-30-3)31-14-17-6-8-34(9-7-17)26-22-13-20(28)12-21(25(22)32-15-33-26)18-4-5-19(11-24(35)36)23(29)10-18/h4-5,10,12-13,15-17H,3,6-9,11,14H2,1-2H3,(H,35,36). The van der Waals surface area contributed by atoms with Crippen molar-refractivity contribution in [2.45, 2.75) is 33.1 Å². The Morgan fingerprint density at radius 2 is 1.97 bits per heavy atom. The van der Waals surface area contributed by atoms with Crippen LogP contribution in [-0.4, -0.2) is 53.3 Å². The number of halogens is 2. The van der Waals surface area contributed by atoms with E-state index in [1.54, 1.807) is 6.07 Å². The van der Waals surface area contributed by atoms with Gasteiger partial charge in [-0.15, -0.1) is 0 Å². The van der Waals surface area contributed by atoms with Crippen LogP contribution in [0.1, 0.15) is 32.3 Å². The molecule has 10 heteroatoms. The predicted molar refractivity (Wildman–Crippen MR) is 139 cm³/mol. The largest absolute Gasteiger partial charge is 0.481 e. The Balaban J connectivity index is 1.58. The molecule has 1 aromatic heterocycles. The molecule has 194 valence electrons. The monoisotopic (exact) mass is 509 g/mol. The summed E-state index contributed by atoms with van der Waals surface area (Å²) in [4.78, 5) is 31.7. The van der Waals surface area contributed by atoms with Gasteiger partial charge in [0.1, 0.15) is 23.8 Å². The fourth-order valence-corrected chi connectivity index (χ4v) is 4.54. The number of oxime groups is 1. The van der Waals surface area contributed by atoms with Gasteiger partial charge in [0.15, 0.2) is 0 Å². The number of carboxylic acids is 1. The number of piperidine rings is 1. The molecule has 37 heavy (non-hydrogen) atoms. The zero-order valence-corrected chi connectivity index (χ0v) is 20.8.